The summed E-state index contributed by atoms with van der Waals surface area (Å²) in [5, 5.41) is 0.737. The van der Waals surface area contributed by atoms with Gasteiger partial charge in [0.1, 0.15) is 0 Å². The number of hydrogen-bond donors (Lipinski definition) is 0. The van der Waals surface area contributed by atoms with Crippen LogP contribution in [0.1, 0.15) is 25.0 Å². The summed E-state index contributed by atoms with van der Waals surface area (Å²) in [6, 6.07) is 34.1. The maximum atomic E-state index is 6.60. The zero-order valence-electron chi connectivity index (χ0n) is 16.6. The van der Waals surface area contributed by atoms with Crippen molar-refractivity contribution in [1.29, 1.82) is 0 Å². The van der Waals surface area contributed by atoms with Crippen LogP contribution in [-0.2, 0) is 5.41 Å². The van der Waals surface area contributed by atoms with Crippen LogP contribution in [-0.4, -0.2) is 0 Å². The molecule has 1 heterocycles. The van der Waals surface area contributed by atoms with E-state index in [-0.39, 0.29) is 5.41 Å². The average Bonchev–Trinajstić information content (AvgIpc) is 2.74. The van der Waals surface area contributed by atoms with Gasteiger partial charge in [-0.1, -0.05) is 92.2 Å². The van der Waals surface area contributed by atoms with E-state index in [2.05, 4.69) is 104 Å². The van der Waals surface area contributed by atoms with Gasteiger partial charge in [0.15, 0.2) is 0 Å². The molecule has 0 saturated carbocycles. The van der Waals surface area contributed by atoms with Crippen molar-refractivity contribution in [3.8, 4) is 11.1 Å². The van der Waals surface area contributed by atoms with Crippen LogP contribution in [0.15, 0.2) is 97.1 Å². The predicted octanol–water partition coefficient (Wildman–Crippen LogP) is 8.12. The summed E-state index contributed by atoms with van der Waals surface area (Å²) in [6.45, 7) is 4.60. The fourth-order valence-electron chi connectivity index (χ4n) is 4.45. The molecule has 0 radical (unpaired) electrons. The first-order chi connectivity index (χ1) is 14.1. The molecule has 2 heteroatoms. The molecule has 4 aromatic carbocycles. The lowest BCUT2D eigenvalue weighted by atomic mass is 9.73. The van der Waals surface area contributed by atoms with Gasteiger partial charge in [-0.3, -0.25) is 0 Å². The summed E-state index contributed by atoms with van der Waals surface area (Å²) in [5.41, 5.74) is 8.34. The van der Waals surface area contributed by atoms with Gasteiger partial charge in [-0.05, 0) is 52.6 Å². The summed E-state index contributed by atoms with van der Waals surface area (Å²) in [7, 11) is 0. The number of para-hydroxylation sites is 2. The number of benzene rings is 4. The quantitative estimate of drug-likeness (QED) is 0.331. The second kappa shape index (κ2) is 6.79. The normalized spacial score (nSPS) is 14.2. The van der Waals surface area contributed by atoms with Crippen LogP contribution < -0.4 is 4.90 Å². The fraction of sp³-hybridized carbons (Fsp3) is 0.111. The summed E-state index contributed by atoms with van der Waals surface area (Å²) >= 11 is 6.60. The highest BCUT2D eigenvalue weighted by Crippen LogP contribution is 2.52. The molecule has 142 valence electrons. The predicted molar refractivity (Wildman–Crippen MR) is 124 cm³/mol. The number of halogens is 1. The first-order valence-corrected chi connectivity index (χ1v) is 10.3. The molecule has 1 aliphatic heterocycles. The molecule has 0 amide bonds. The molecular formula is C27H22ClN. The molecule has 0 spiro atoms. The number of nitrogens with zero attached hydrogens (tertiary/aromatic N) is 1. The molecule has 0 aromatic heterocycles. The third-order valence-corrected chi connectivity index (χ3v) is 6.10. The van der Waals surface area contributed by atoms with Crippen LogP contribution in [0.5, 0.6) is 0 Å². The van der Waals surface area contributed by atoms with Gasteiger partial charge in [0.2, 0.25) is 0 Å². The molecule has 5 rings (SSSR count). The SMILES string of the molecule is CC1(C)c2ccccc2N(c2cc(Cl)cc(-c3ccccc3)c2)c2ccccc21. The van der Waals surface area contributed by atoms with Crippen LogP contribution in [0.25, 0.3) is 11.1 Å². The number of rotatable bonds is 2. The van der Waals surface area contributed by atoms with Gasteiger partial charge >= 0.3 is 0 Å². The van der Waals surface area contributed by atoms with Gasteiger partial charge in [0.05, 0.1) is 11.4 Å². The van der Waals surface area contributed by atoms with E-state index >= 15 is 0 Å². The lowest BCUT2D eigenvalue weighted by Gasteiger charge is -2.42. The monoisotopic (exact) mass is 395 g/mol. The first-order valence-electron chi connectivity index (χ1n) is 9.91. The summed E-state index contributed by atoms with van der Waals surface area (Å²) in [4.78, 5) is 2.34. The Kier molecular flexibility index (Phi) is 4.22. The largest absolute Gasteiger partial charge is 0.310 e. The van der Waals surface area contributed by atoms with Crippen molar-refractivity contribution in [2.45, 2.75) is 19.3 Å². The zero-order valence-corrected chi connectivity index (χ0v) is 17.3. The molecule has 0 bridgehead atoms. The van der Waals surface area contributed by atoms with Gasteiger partial charge < -0.3 is 4.90 Å². The van der Waals surface area contributed by atoms with E-state index in [1.807, 2.05) is 12.1 Å². The molecule has 0 unspecified atom stereocenters. The van der Waals surface area contributed by atoms with Crippen molar-refractivity contribution in [2.24, 2.45) is 0 Å². The van der Waals surface area contributed by atoms with E-state index < -0.39 is 0 Å². The van der Waals surface area contributed by atoms with Crippen molar-refractivity contribution < 1.29 is 0 Å². The van der Waals surface area contributed by atoms with Crippen molar-refractivity contribution in [2.75, 3.05) is 4.90 Å². The molecule has 0 fully saturated rings. The summed E-state index contributed by atoms with van der Waals surface area (Å²) in [6.07, 6.45) is 0. The zero-order chi connectivity index (χ0) is 20.0. The summed E-state index contributed by atoms with van der Waals surface area (Å²) < 4.78 is 0. The van der Waals surface area contributed by atoms with E-state index in [9.17, 15) is 0 Å². The number of anilines is 3. The van der Waals surface area contributed by atoms with E-state index in [4.69, 9.17) is 11.6 Å². The number of hydrogen-bond acceptors (Lipinski definition) is 1. The Labute approximate surface area is 177 Å². The Morgan fingerprint density at radius 2 is 1.17 bits per heavy atom. The molecule has 1 nitrogen and oxygen atoms in total. The molecule has 0 saturated heterocycles. The van der Waals surface area contributed by atoms with E-state index in [1.54, 1.807) is 0 Å². The molecule has 29 heavy (non-hydrogen) atoms. The van der Waals surface area contributed by atoms with Crippen molar-refractivity contribution in [1.82, 2.24) is 0 Å². The maximum Gasteiger partial charge on any atom is 0.0502 e. The Bertz CT molecular complexity index is 1140. The van der Waals surface area contributed by atoms with Crippen LogP contribution >= 0.6 is 11.6 Å². The maximum absolute atomic E-state index is 6.60. The molecular weight excluding hydrogens is 374 g/mol. The molecule has 0 aliphatic carbocycles. The van der Waals surface area contributed by atoms with Crippen molar-refractivity contribution in [3.63, 3.8) is 0 Å². The topological polar surface area (TPSA) is 3.24 Å². The fourth-order valence-corrected chi connectivity index (χ4v) is 4.68. The van der Waals surface area contributed by atoms with Crippen LogP contribution in [0, 0.1) is 0 Å². The van der Waals surface area contributed by atoms with E-state index in [1.165, 1.54) is 22.5 Å². The average molecular weight is 396 g/mol. The van der Waals surface area contributed by atoms with Gasteiger partial charge in [0.25, 0.3) is 0 Å². The highest BCUT2D eigenvalue weighted by molar-refractivity contribution is 6.31. The highest BCUT2D eigenvalue weighted by Gasteiger charge is 2.36. The Hall–Kier alpha value is -3.03. The minimum atomic E-state index is -0.0650. The molecule has 4 aromatic rings. The Balaban J connectivity index is 1.77. The van der Waals surface area contributed by atoms with Crippen LogP contribution in [0.4, 0.5) is 17.1 Å². The van der Waals surface area contributed by atoms with E-state index in [0.29, 0.717) is 0 Å². The minimum absolute atomic E-state index is 0.0650. The summed E-state index contributed by atoms with van der Waals surface area (Å²) in [5.74, 6) is 0. The number of fused-ring (bicyclic) bond motifs is 2. The van der Waals surface area contributed by atoms with Gasteiger partial charge in [-0.25, -0.2) is 0 Å². The van der Waals surface area contributed by atoms with Crippen molar-refractivity contribution >= 4 is 28.7 Å². The smallest absolute Gasteiger partial charge is 0.0502 e. The first kappa shape index (κ1) is 18.0. The van der Waals surface area contributed by atoms with Crippen LogP contribution in [0.3, 0.4) is 0 Å². The van der Waals surface area contributed by atoms with Gasteiger partial charge in [-0.2, -0.15) is 0 Å². The van der Waals surface area contributed by atoms with Gasteiger partial charge in [-0.15, -0.1) is 0 Å². The third-order valence-electron chi connectivity index (χ3n) is 5.88. The molecule has 1 aliphatic rings. The second-order valence-electron chi connectivity index (χ2n) is 8.06. The van der Waals surface area contributed by atoms with E-state index in [0.717, 1.165) is 21.8 Å². The Morgan fingerprint density at radius 3 is 1.79 bits per heavy atom. The standard InChI is InChI=1S/C27H22ClN/c1-27(2)23-12-6-8-14-25(23)29(26-15-9-7-13-24(26)27)22-17-20(16-21(28)18-22)19-10-4-3-5-11-19/h3-18H,1-2H3. The Morgan fingerprint density at radius 1 is 0.621 bits per heavy atom. The second-order valence-corrected chi connectivity index (χ2v) is 8.50. The lowest BCUT2D eigenvalue weighted by molar-refractivity contribution is 0.632. The molecule has 0 N–H and O–H groups in total. The highest BCUT2D eigenvalue weighted by atomic mass is 35.5. The van der Waals surface area contributed by atoms with Crippen LogP contribution in [0.2, 0.25) is 5.02 Å². The third kappa shape index (κ3) is 2.94. The molecule has 0 atom stereocenters. The van der Waals surface area contributed by atoms with Crippen molar-refractivity contribution in [3.05, 3.63) is 113 Å². The lowest BCUT2D eigenvalue weighted by Crippen LogP contribution is -2.30. The minimum Gasteiger partial charge on any atom is -0.310 e. The van der Waals surface area contributed by atoms with Gasteiger partial charge in [0, 0.05) is 16.1 Å².